The van der Waals surface area contributed by atoms with Crippen molar-refractivity contribution in [3.05, 3.63) is 23.9 Å². The average molecular weight is 332 g/mol. The van der Waals surface area contributed by atoms with Crippen molar-refractivity contribution in [3.63, 3.8) is 0 Å². The van der Waals surface area contributed by atoms with Gasteiger partial charge in [-0.25, -0.2) is 9.78 Å². The summed E-state index contributed by atoms with van der Waals surface area (Å²) in [6.45, 7) is 2.91. The molecule has 0 unspecified atom stereocenters. The Morgan fingerprint density at radius 1 is 1.17 bits per heavy atom. The van der Waals surface area contributed by atoms with Crippen LogP contribution < -0.4 is 15.5 Å². The number of amides is 2. The number of rotatable bonds is 5. The zero-order chi connectivity index (χ0) is 16.8. The number of aliphatic hydroxyl groups is 1. The summed E-state index contributed by atoms with van der Waals surface area (Å²) in [6.07, 6.45) is 9.04. The van der Waals surface area contributed by atoms with Crippen LogP contribution in [0.1, 0.15) is 50.5 Å². The summed E-state index contributed by atoms with van der Waals surface area (Å²) in [7, 11) is 0. The van der Waals surface area contributed by atoms with E-state index < -0.39 is 5.60 Å². The fourth-order valence-electron chi connectivity index (χ4n) is 3.57. The number of urea groups is 1. The van der Waals surface area contributed by atoms with Crippen LogP contribution >= 0.6 is 0 Å². The SMILES string of the molecule is O=C(NCc1ccnc(N2CCCC2)c1)NCC1(O)CCCCC1. The molecule has 1 saturated heterocycles. The lowest BCUT2D eigenvalue weighted by atomic mass is 9.85. The van der Waals surface area contributed by atoms with Gasteiger partial charge in [-0.2, -0.15) is 0 Å². The van der Waals surface area contributed by atoms with Gasteiger partial charge in [0.1, 0.15) is 5.82 Å². The number of anilines is 1. The highest BCUT2D eigenvalue weighted by atomic mass is 16.3. The molecule has 6 nitrogen and oxygen atoms in total. The topological polar surface area (TPSA) is 77.5 Å². The number of pyridine rings is 1. The van der Waals surface area contributed by atoms with Crippen LogP contribution in [0.25, 0.3) is 0 Å². The second kappa shape index (κ2) is 7.83. The predicted octanol–water partition coefficient (Wildman–Crippen LogP) is 2.18. The van der Waals surface area contributed by atoms with Gasteiger partial charge < -0.3 is 20.6 Å². The Balaban J connectivity index is 1.45. The standard InChI is InChI=1S/C18H28N4O2/c23-17(21-14-18(24)7-2-1-3-8-18)20-13-15-6-9-19-16(12-15)22-10-4-5-11-22/h6,9,12,24H,1-5,7-8,10-11,13-14H2,(H2,20,21,23). The van der Waals surface area contributed by atoms with Crippen molar-refractivity contribution in [1.82, 2.24) is 15.6 Å². The third-order valence-corrected chi connectivity index (χ3v) is 5.06. The van der Waals surface area contributed by atoms with Gasteiger partial charge in [0.05, 0.1) is 5.60 Å². The second-order valence-corrected chi connectivity index (χ2v) is 7.04. The van der Waals surface area contributed by atoms with Gasteiger partial charge in [-0.05, 0) is 43.4 Å². The van der Waals surface area contributed by atoms with E-state index in [1.54, 1.807) is 6.20 Å². The van der Waals surface area contributed by atoms with Crippen LogP contribution in [0, 0.1) is 0 Å². The largest absolute Gasteiger partial charge is 0.388 e. The lowest BCUT2D eigenvalue weighted by Gasteiger charge is -2.32. The lowest BCUT2D eigenvalue weighted by Crippen LogP contribution is -2.47. The van der Waals surface area contributed by atoms with E-state index in [0.29, 0.717) is 13.1 Å². The number of hydrogen-bond acceptors (Lipinski definition) is 4. The molecule has 0 radical (unpaired) electrons. The molecule has 132 valence electrons. The molecule has 0 atom stereocenters. The van der Waals surface area contributed by atoms with E-state index >= 15 is 0 Å². The third-order valence-electron chi connectivity index (χ3n) is 5.06. The number of aromatic nitrogens is 1. The number of nitrogens with zero attached hydrogens (tertiary/aromatic N) is 2. The minimum atomic E-state index is -0.727. The molecular weight excluding hydrogens is 304 g/mol. The van der Waals surface area contributed by atoms with Gasteiger partial charge in [0.15, 0.2) is 0 Å². The normalized spacial score (nSPS) is 20.0. The van der Waals surface area contributed by atoms with Crippen LogP contribution in [0.5, 0.6) is 0 Å². The molecular formula is C18H28N4O2. The molecule has 3 rings (SSSR count). The molecule has 0 spiro atoms. The molecule has 2 fully saturated rings. The number of hydrogen-bond donors (Lipinski definition) is 3. The maximum Gasteiger partial charge on any atom is 0.315 e. The Labute approximate surface area is 143 Å². The van der Waals surface area contributed by atoms with Gasteiger partial charge in [0, 0.05) is 32.4 Å². The predicted molar refractivity (Wildman–Crippen MR) is 94.0 cm³/mol. The van der Waals surface area contributed by atoms with E-state index in [1.165, 1.54) is 19.3 Å². The highest BCUT2D eigenvalue weighted by molar-refractivity contribution is 5.73. The Morgan fingerprint density at radius 2 is 1.92 bits per heavy atom. The van der Waals surface area contributed by atoms with Crippen molar-refractivity contribution in [2.24, 2.45) is 0 Å². The highest BCUT2D eigenvalue weighted by Crippen LogP contribution is 2.27. The minimum Gasteiger partial charge on any atom is -0.388 e. The van der Waals surface area contributed by atoms with Crippen molar-refractivity contribution < 1.29 is 9.90 Å². The summed E-state index contributed by atoms with van der Waals surface area (Å²) in [5.74, 6) is 0.990. The van der Waals surface area contributed by atoms with Crippen LogP contribution in [0.4, 0.5) is 10.6 Å². The van der Waals surface area contributed by atoms with Gasteiger partial charge >= 0.3 is 6.03 Å². The summed E-state index contributed by atoms with van der Waals surface area (Å²) in [6, 6.07) is 3.74. The van der Waals surface area contributed by atoms with Crippen molar-refractivity contribution in [2.75, 3.05) is 24.5 Å². The van der Waals surface area contributed by atoms with E-state index in [4.69, 9.17) is 0 Å². The van der Waals surface area contributed by atoms with Gasteiger partial charge in [-0.3, -0.25) is 0 Å². The molecule has 0 bridgehead atoms. The summed E-state index contributed by atoms with van der Waals surface area (Å²) >= 11 is 0. The van der Waals surface area contributed by atoms with Gasteiger partial charge in [0.25, 0.3) is 0 Å². The summed E-state index contributed by atoms with van der Waals surface area (Å²) in [5.41, 5.74) is 0.313. The Morgan fingerprint density at radius 3 is 2.67 bits per heavy atom. The van der Waals surface area contributed by atoms with Gasteiger partial charge in [-0.15, -0.1) is 0 Å². The molecule has 1 aromatic rings. The van der Waals surface area contributed by atoms with Crippen molar-refractivity contribution in [2.45, 2.75) is 57.1 Å². The maximum atomic E-state index is 12.0. The van der Waals surface area contributed by atoms with Crippen molar-refractivity contribution in [3.8, 4) is 0 Å². The number of carbonyl (C=O) groups is 1. The molecule has 2 amide bonds. The molecule has 1 aromatic heterocycles. The first-order valence-corrected chi connectivity index (χ1v) is 9.09. The molecule has 1 saturated carbocycles. The van der Waals surface area contributed by atoms with E-state index in [2.05, 4.69) is 20.5 Å². The molecule has 0 aromatic carbocycles. The fraction of sp³-hybridized carbons (Fsp3) is 0.667. The van der Waals surface area contributed by atoms with E-state index in [0.717, 1.165) is 50.2 Å². The summed E-state index contributed by atoms with van der Waals surface area (Å²) in [5, 5.41) is 16.1. The van der Waals surface area contributed by atoms with Gasteiger partial charge in [-0.1, -0.05) is 19.3 Å². The smallest absolute Gasteiger partial charge is 0.315 e. The molecule has 1 aliphatic heterocycles. The maximum absolute atomic E-state index is 12.0. The lowest BCUT2D eigenvalue weighted by molar-refractivity contribution is 0.00719. The van der Waals surface area contributed by atoms with E-state index in [9.17, 15) is 9.90 Å². The Hall–Kier alpha value is -1.82. The Kier molecular flexibility index (Phi) is 5.56. The van der Waals surface area contributed by atoms with Crippen LogP contribution in [-0.2, 0) is 6.54 Å². The van der Waals surface area contributed by atoms with E-state index in [-0.39, 0.29) is 6.03 Å². The van der Waals surface area contributed by atoms with Crippen molar-refractivity contribution in [1.29, 1.82) is 0 Å². The summed E-state index contributed by atoms with van der Waals surface area (Å²) < 4.78 is 0. The molecule has 24 heavy (non-hydrogen) atoms. The first-order valence-electron chi connectivity index (χ1n) is 9.09. The van der Waals surface area contributed by atoms with Crippen molar-refractivity contribution >= 4 is 11.8 Å². The highest BCUT2D eigenvalue weighted by Gasteiger charge is 2.29. The quantitative estimate of drug-likeness (QED) is 0.772. The molecule has 1 aliphatic carbocycles. The number of nitrogens with one attached hydrogen (secondary N) is 2. The fourth-order valence-corrected chi connectivity index (χ4v) is 3.57. The zero-order valence-corrected chi connectivity index (χ0v) is 14.3. The number of carbonyl (C=O) groups excluding carboxylic acids is 1. The minimum absolute atomic E-state index is 0.228. The first kappa shape index (κ1) is 17.0. The van der Waals surface area contributed by atoms with Crippen LogP contribution in [0.15, 0.2) is 18.3 Å². The van der Waals surface area contributed by atoms with Crippen LogP contribution in [-0.4, -0.2) is 41.4 Å². The van der Waals surface area contributed by atoms with E-state index in [1.807, 2.05) is 12.1 Å². The Bertz CT molecular complexity index is 552. The zero-order valence-electron chi connectivity index (χ0n) is 14.3. The summed E-state index contributed by atoms with van der Waals surface area (Å²) in [4.78, 5) is 18.7. The van der Waals surface area contributed by atoms with Crippen LogP contribution in [0.2, 0.25) is 0 Å². The average Bonchev–Trinajstić information content (AvgIpc) is 3.14. The molecule has 2 aliphatic rings. The second-order valence-electron chi connectivity index (χ2n) is 7.04. The first-order chi connectivity index (χ1) is 11.6. The third kappa shape index (κ3) is 4.60. The molecule has 2 heterocycles. The molecule has 3 N–H and O–H groups in total. The van der Waals surface area contributed by atoms with Gasteiger partial charge in [0.2, 0.25) is 0 Å². The monoisotopic (exact) mass is 332 g/mol. The van der Waals surface area contributed by atoms with Crippen LogP contribution in [0.3, 0.4) is 0 Å². The molecule has 6 heteroatoms.